The lowest BCUT2D eigenvalue weighted by Gasteiger charge is -2.26. The van der Waals surface area contributed by atoms with E-state index in [9.17, 15) is 18.0 Å². The highest BCUT2D eigenvalue weighted by Gasteiger charge is 2.55. The van der Waals surface area contributed by atoms with Crippen molar-refractivity contribution >= 4 is 17.5 Å². The zero-order valence-corrected chi connectivity index (χ0v) is 11.0. The molecule has 1 aromatic carbocycles. The first-order valence-corrected chi connectivity index (χ1v) is 6.41. The van der Waals surface area contributed by atoms with Gasteiger partial charge in [0.15, 0.2) is 0 Å². The summed E-state index contributed by atoms with van der Waals surface area (Å²) >= 11 is 5.75. The van der Waals surface area contributed by atoms with Crippen LogP contribution < -0.4 is 0 Å². The van der Waals surface area contributed by atoms with E-state index in [0.29, 0.717) is 12.1 Å². The van der Waals surface area contributed by atoms with Crippen molar-refractivity contribution in [3.63, 3.8) is 0 Å². The molecule has 1 fully saturated rings. The summed E-state index contributed by atoms with van der Waals surface area (Å²) in [5.41, 5.74) is -0.673. The molecular weight excluding hydrogens is 279 g/mol. The summed E-state index contributed by atoms with van der Waals surface area (Å²) in [4.78, 5) is 12.4. The van der Waals surface area contributed by atoms with Crippen LogP contribution in [0.1, 0.15) is 34.3 Å². The molecule has 0 N–H and O–H groups in total. The Kier molecular flexibility index (Phi) is 2.54. The lowest BCUT2D eigenvalue weighted by molar-refractivity contribution is -0.849. The van der Waals surface area contributed by atoms with Gasteiger partial charge < -0.3 is 0 Å². The minimum Gasteiger partial charge on any atom is -0.252 e. The van der Waals surface area contributed by atoms with Crippen LogP contribution in [0.4, 0.5) is 13.2 Å². The van der Waals surface area contributed by atoms with Gasteiger partial charge in [0, 0.05) is 23.4 Å². The highest BCUT2D eigenvalue weighted by molar-refractivity contribution is 6.31. The molecule has 19 heavy (non-hydrogen) atoms. The van der Waals surface area contributed by atoms with Crippen molar-refractivity contribution < 1.29 is 22.4 Å². The van der Waals surface area contributed by atoms with Gasteiger partial charge in [0.05, 0.1) is 18.7 Å². The molecule has 1 heterocycles. The molecule has 1 unspecified atom stereocenters. The zero-order chi connectivity index (χ0) is 14.0. The number of amides is 1. The second kappa shape index (κ2) is 3.73. The van der Waals surface area contributed by atoms with Gasteiger partial charge in [-0.3, -0.25) is 4.48 Å². The number of hydrogen-bond acceptors (Lipinski definition) is 1. The van der Waals surface area contributed by atoms with Crippen molar-refractivity contribution in [3.8, 4) is 0 Å². The quantitative estimate of drug-likeness (QED) is 0.722. The van der Waals surface area contributed by atoms with E-state index in [4.69, 9.17) is 11.6 Å². The largest absolute Gasteiger partial charge is 0.417 e. The Morgan fingerprint density at radius 1 is 1.32 bits per heavy atom. The monoisotopic (exact) mass is 290 g/mol. The molecule has 3 rings (SSSR count). The summed E-state index contributed by atoms with van der Waals surface area (Å²) in [6.07, 6.45) is -2.76. The van der Waals surface area contributed by atoms with Crippen molar-refractivity contribution in [1.29, 1.82) is 0 Å². The van der Waals surface area contributed by atoms with Gasteiger partial charge in [-0.2, -0.15) is 13.2 Å². The maximum absolute atomic E-state index is 13.0. The molecule has 0 spiro atoms. The number of fused-ring (bicyclic) bond motifs is 1. The number of carbonyl (C=O) groups excluding carboxylic acids is 1. The third kappa shape index (κ3) is 1.87. The number of nitrogens with zero attached hydrogens (tertiary/aromatic N) is 1. The van der Waals surface area contributed by atoms with Crippen molar-refractivity contribution in [1.82, 2.24) is 0 Å². The molecule has 6 heteroatoms. The van der Waals surface area contributed by atoms with Gasteiger partial charge in [0.2, 0.25) is 0 Å². The smallest absolute Gasteiger partial charge is 0.252 e. The molecule has 0 saturated heterocycles. The molecule has 2 aliphatic rings. The van der Waals surface area contributed by atoms with Crippen molar-refractivity contribution in [3.05, 3.63) is 33.8 Å². The van der Waals surface area contributed by atoms with E-state index in [0.717, 1.165) is 18.9 Å². The average molecular weight is 291 g/mol. The third-order valence-corrected chi connectivity index (χ3v) is 4.24. The third-order valence-electron chi connectivity index (χ3n) is 4.02. The molecule has 1 atom stereocenters. The molecule has 0 radical (unpaired) electrons. The highest BCUT2D eigenvalue weighted by Crippen LogP contribution is 2.45. The van der Waals surface area contributed by atoms with Crippen LogP contribution in [0.15, 0.2) is 12.1 Å². The summed E-state index contributed by atoms with van der Waals surface area (Å²) in [5.74, 6) is -0.429. The van der Waals surface area contributed by atoms with Gasteiger partial charge in [-0.05, 0) is 12.1 Å². The van der Waals surface area contributed by atoms with Crippen LogP contribution in [0.3, 0.4) is 0 Å². The van der Waals surface area contributed by atoms with Crippen LogP contribution in [0.5, 0.6) is 0 Å². The Bertz CT molecular complexity index is 580. The second-order valence-corrected chi connectivity index (χ2v) is 5.88. The first-order valence-electron chi connectivity index (χ1n) is 6.03. The SMILES string of the molecule is C[N+]1(C2CC2)Cc2cc(Cl)cc(C(F)(F)F)c2C1=O. The fourth-order valence-electron chi connectivity index (χ4n) is 2.88. The number of quaternary nitrogens is 1. The Morgan fingerprint density at radius 3 is 2.47 bits per heavy atom. The van der Waals surface area contributed by atoms with Crippen LogP contribution in [0.2, 0.25) is 5.02 Å². The van der Waals surface area contributed by atoms with Crippen LogP contribution in [-0.2, 0) is 12.7 Å². The van der Waals surface area contributed by atoms with E-state index in [1.54, 1.807) is 7.05 Å². The Morgan fingerprint density at radius 2 is 1.95 bits per heavy atom. The minimum absolute atomic E-state index is 0.0307. The molecule has 1 amide bonds. The minimum atomic E-state index is -4.55. The van der Waals surface area contributed by atoms with Crippen LogP contribution in [0.25, 0.3) is 0 Å². The predicted octanol–water partition coefficient (Wildman–Crippen LogP) is 3.62. The standard InChI is InChI=1S/C13H12ClF3NO/c1-18(9-2-3-9)6-7-4-8(14)5-10(13(15,16)17)11(7)12(18)19/h4-5,9H,2-3,6H2,1H3/q+1. The van der Waals surface area contributed by atoms with Gasteiger partial charge >= 0.3 is 12.1 Å². The number of halogens is 4. The van der Waals surface area contributed by atoms with Gasteiger partial charge in [-0.1, -0.05) is 11.6 Å². The first kappa shape index (κ1) is 12.9. The number of hydrogen-bond donors (Lipinski definition) is 0. The van der Waals surface area contributed by atoms with Crippen molar-refractivity contribution in [2.45, 2.75) is 31.6 Å². The molecule has 1 aliphatic carbocycles. The molecular formula is C13H12ClF3NO+. The Balaban J connectivity index is 2.18. The van der Waals surface area contributed by atoms with E-state index in [2.05, 4.69) is 0 Å². The maximum Gasteiger partial charge on any atom is 0.417 e. The fourth-order valence-corrected chi connectivity index (χ4v) is 3.13. The summed E-state index contributed by atoms with van der Waals surface area (Å²) in [6, 6.07) is 2.48. The maximum atomic E-state index is 13.0. The predicted molar refractivity (Wildman–Crippen MR) is 63.7 cm³/mol. The van der Waals surface area contributed by atoms with Crippen LogP contribution in [-0.4, -0.2) is 23.5 Å². The first-order chi connectivity index (χ1) is 8.73. The van der Waals surface area contributed by atoms with Crippen LogP contribution >= 0.6 is 11.6 Å². The average Bonchev–Trinajstić information content (AvgIpc) is 3.06. The van der Waals surface area contributed by atoms with Gasteiger partial charge in [0.1, 0.15) is 12.1 Å². The summed E-state index contributed by atoms with van der Waals surface area (Å²) < 4.78 is 39.2. The lowest BCUT2D eigenvalue weighted by atomic mass is 10.0. The van der Waals surface area contributed by atoms with Gasteiger partial charge in [-0.15, -0.1) is 0 Å². The van der Waals surface area contributed by atoms with Gasteiger partial charge in [0.25, 0.3) is 0 Å². The summed E-state index contributed by atoms with van der Waals surface area (Å²) in [7, 11) is 1.72. The zero-order valence-electron chi connectivity index (χ0n) is 10.2. The van der Waals surface area contributed by atoms with E-state index in [-0.39, 0.29) is 21.1 Å². The van der Waals surface area contributed by atoms with E-state index < -0.39 is 17.6 Å². The molecule has 2 nitrogen and oxygen atoms in total. The Hall–Kier alpha value is -1.07. The van der Waals surface area contributed by atoms with E-state index in [1.165, 1.54) is 6.07 Å². The molecule has 0 aromatic heterocycles. The van der Waals surface area contributed by atoms with Crippen molar-refractivity contribution in [2.75, 3.05) is 7.05 Å². The second-order valence-electron chi connectivity index (χ2n) is 5.45. The fraction of sp³-hybridized carbons (Fsp3) is 0.462. The van der Waals surface area contributed by atoms with E-state index in [1.807, 2.05) is 0 Å². The number of carbonyl (C=O) groups is 1. The molecule has 102 valence electrons. The van der Waals surface area contributed by atoms with Crippen molar-refractivity contribution in [2.24, 2.45) is 0 Å². The summed E-state index contributed by atoms with van der Waals surface area (Å²) in [5, 5.41) is 0.0307. The molecule has 1 aliphatic heterocycles. The Labute approximate surface area is 113 Å². The highest BCUT2D eigenvalue weighted by atomic mass is 35.5. The molecule has 1 saturated carbocycles. The molecule has 1 aromatic rings. The number of rotatable bonds is 1. The number of alkyl halides is 3. The number of benzene rings is 1. The summed E-state index contributed by atoms with van der Waals surface area (Å²) in [6.45, 7) is 0.308. The topological polar surface area (TPSA) is 17.1 Å². The van der Waals surface area contributed by atoms with Gasteiger partial charge in [-0.25, -0.2) is 4.79 Å². The van der Waals surface area contributed by atoms with Crippen LogP contribution in [0, 0.1) is 0 Å². The lowest BCUT2D eigenvalue weighted by Crippen LogP contribution is -2.46. The normalized spacial score (nSPS) is 26.7. The van der Waals surface area contributed by atoms with E-state index >= 15 is 0 Å². The molecule has 0 bridgehead atoms.